The minimum absolute atomic E-state index is 0.0619. The number of amides is 3. The highest BCUT2D eigenvalue weighted by Crippen LogP contribution is 2.33. The molecule has 0 radical (unpaired) electrons. The molecule has 3 heterocycles. The molecule has 2 fully saturated rings. The molecule has 4 rings (SSSR count). The number of imide groups is 1. The van der Waals surface area contributed by atoms with Gasteiger partial charge in [-0.25, -0.2) is 0 Å². The van der Waals surface area contributed by atoms with Gasteiger partial charge in [0.15, 0.2) is 0 Å². The number of carbonyl (C=O) groups is 3. The van der Waals surface area contributed by atoms with Gasteiger partial charge in [-0.2, -0.15) is 0 Å². The number of nitrogens with one attached hydrogen (secondary N) is 3. The number of piperazine rings is 1. The molecule has 2 saturated heterocycles. The van der Waals surface area contributed by atoms with Crippen LogP contribution in [0.5, 0.6) is 0 Å². The van der Waals surface area contributed by atoms with Crippen LogP contribution in [-0.2, 0) is 14.4 Å². The summed E-state index contributed by atoms with van der Waals surface area (Å²) in [4.78, 5) is 37.8. The van der Waals surface area contributed by atoms with Gasteiger partial charge in [-0.05, 0) is 18.6 Å². The number of fused-ring (bicyclic) bond motifs is 1. The zero-order valence-electron chi connectivity index (χ0n) is 14.9. The van der Waals surface area contributed by atoms with Gasteiger partial charge in [-0.15, -0.1) is 0 Å². The van der Waals surface area contributed by atoms with Gasteiger partial charge in [-0.3, -0.25) is 24.6 Å². The molecule has 1 unspecified atom stereocenters. The predicted octanol–water partition coefficient (Wildman–Crippen LogP) is 0.797. The minimum Gasteiger partial charge on any atom is -0.464 e. The summed E-state index contributed by atoms with van der Waals surface area (Å²) in [7, 11) is 0. The van der Waals surface area contributed by atoms with Crippen LogP contribution in [0.1, 0.15) is 24.3 Å². The van der Waals surface area contributed by atoms with Crippen LogP contribution in [0.15, 0.2) is 28.9 Å². The number of carbonyl (C=O) groups excluding carboxylic acids is 3. The summed E-state index contributed by atoms with van der Waals surface area (Å²) in [5, 5.41) is 9.36. The van der Waals surface area contributed by atoms with E-state index in [-0.39, 0.29) is 17.7 Å². The Labute approximate surface area is 156 Å². The molecule has 1 atom stereocenters. The lowest BCUT2D eigenvalue weighted by Crippen LogP contribution is -2.46. The summed E-state index contributed by atoms with van der Waals surface area (Å²) in [5.74, 6) is -0.980. The monoisotopic (exact) mass is 370 g/mol. The van der Waals surface area contributed by atoms with E-state index in [2.05, 4.69) is 20.9 Å². The number of hydrogen-bond acceptors (Lipinski definition) is 6. The number of hydrogen-bond donors (Lipinski definition) is 3. The Kier molecular flexibility index (Phi) is 4.91. The molecule has 1 aromatic carbocycles. The summed E-state index contributed by atoms with van der Waals surface area (Å²) in [6, 6.07) is 5.42. The number of furan rings is 1. The van der Waals surface area contributed by atoms with E-state index >= 15 is 0 Å². The molecule has 1 aromatic heterocycles. The van der Waals surface area contributed by atoms with Crippen molar-refractivity contribution in [2.75, 3.05) is 38.0 Å². The third kappa shape index (κ3) is 3.86. The number of anilines is 1. The van der Waals surface area contributed by atoms with E-state index in [0.717, 1.165) is 37.1 Å². The standard InChI is InChI=1S/C19H22N4O4/c24-17-4-3-14(19(26)22-17)15-11-27-16-9-12(1-2-13(15)16)21-18(25)10-23-7-5-20-6-8-23/h1-2,9,11,14,20H,3-8,10H2,(H,21,25)(H,22,24,26). The lowest BCUT2D eigenvalue weighted by molar-refractivity contribution is -0.134. The van der Waals surface area contributed by atoms with E-state index in [0.29, 0.717) is 30.7 Å². The molecule has 2 aliphatic heterocycles. The first-order valence-corrected chi connectivity index (χ1v) is 9.18. The maximum absolute atomic E-state index is 12.3. The van der Waals surface area contributed by atoms with Crippen molar-refractivity contribution in [3.63, 3.8) is 0 Å². The summed E-state index contributed by atoms with van der Waals surface area (Å²) < 4.78 is 5.61. The number of benzene rings is 1. The molecular formula is C19H22N4O4. The number of piperidine rings is 1. The van der Waals surface area contributed by atoms with Crippen LogP contribution in [0.2, 0.25) is 0 Å². The quantitative estimate of drug-likeness (QED) is 0.688. The van der Waals surface area contributed by atoms with Crippen LogP contribution in [-0.4, -0.2) is 55.3 Å². The van der Waals surface area contributed by atoms with E-state index in [1.807, 2.05) is 12.1 Å². The Morgan fingerprint density at radius 2 is 2.07 bits per heavy atom. The lowest BCUT2D eigenvalue weighted by Gasteiger charge is -2.26. The van der Waals surface area contributed by atoms with Gasteiger partial charge in [0.25, 0.3) is 0 Å². The number of rotatable bonds is 4. The highest BCUT2D eigenvalue weighted by Gasteiger charge is 2.30. The molecule has 0 saturated carbocycles. The molecule has 142 valence electrons. The van der Waals surface area contributed by atoms with Crippen LogP contribution < -0.4 is 16.0 Å². The highest BCUT2D eigenvalue weighted by atomic mass is 16.3. The normalized spacial score (nSPS) is 21.3. The van der Waals surface area contributed by atoms with Crippen molar-refractivity contribution in [1.82, 2.24) is 15.5 Å². The second-order valence-corrected chi connectivity index (χ2v) is 6.98. The van der Waals surface area contributed by atoms with Crippen molar-refractivity contribution in [2.24, 2.45) is 0 Å². The van der Waals surface area contributed by atoms with Crippen molar-refractivity contribution in [3.05, 3.63) is 30.0 Å². The second kappa shape index (κ2) is 7.50. The van der Waals surface area contributed by atoms with Gasteiger partial charge in [0.05, 0.1) is 18.7 Å². The van der Waals surface area contributed by atoms with E-state index in [4.69, 9.17) is 4.42 Å². The molecule has 0 aliphatic carbocycles. The lowest BCUT2D eigenvalue weighted by atomic mass is 9.90. The molecule has 3 N–H and O–H groups in total. The van der Waals surface area contributed by atoms with Crippen LogP contribution >= 0.6 is 0 Å². The van der Waals surface area contributed by atoms with Crippen LogP contribution in [0.25, 0.3) is 11.0 Å². The van der Waals surface area contributed by atoms with E-state index < -0.39 is 5.92 Å². The largest absolute Gasteiger partial charge is 0.464 e. The summed E-state index contributed by atoms with van der Waals surface area (Å²) in [6.45, 7) is 3.88. The van der Waals surface area contributed by atoms with E-state index in [9.17, 15) is 14.4 Å². The van der Waals surface area contributed by atoms with Crippen molar-refractivity contribution in [2.45, 2.75) is 18.8 Å². The van der Waals surface area contributed by atoms with E-state index in [1.165, 1.54) is 0 Å². The summed E-state index contributed by atoms with van der Waals surface area (Å²) >= 11 is 0. The Morgan fingerprint density at radius 1 is 1.26 bits per heavy atom. The molecule has 0 spiro atoms. The van der Waals surface area contributed by atoms with Gasteiger partial charge >= 0.3 is 0 Å². The minimum atomic E-state index is -0.392. The van der Waals surface area contributed by atoms with Crippen LogP contribution in [0.4, 0.5) is 5.69 Å². The van der Waals surface area contributed by atoms with E-state index in [1.54, 1.807) is 12.3 Å². The zero-order valence-corrected chi connectivity index (χ0v) is 14.9. The van der Waals surface area contributed by atoms with Gasteiger partial charge in [0, 0.05) is 55.3 Å². The molecular weight excluding hydrogens is 348 g/mol. The first-order valence-electron chi connectivity index (χ1n) is 9.18. The fraction of sp³-hybridized carbons (Fsp3) is 0.421. The third-order valence-corrected chi connectivity index (χ3v) is 5.08. The van der Waals surface area contributed by atoms with Crippen molar-refractivity contribution >= 4 is 34.4 Å². The fourth-order valence-corrected chi connectivity index (χ4v) is 3.66. The van der Waals surface area contributed by atoms with Crippen molar-refractivity contribution < 1.29 is 18.8 Å². The number of nitrogens with zero attached hydrogens (tertiary/aromatic N) is 1. The molecule has 27 heavy (non-hydrogen) atoms. The zero-order chi connectivity index (χ0) is 18.8. The second-order valence-electron chi connectivity index (χ2n) is 6.98. The maximum Gasteiger partial charge on any atom is 0.238 e. The van der Waals surface area contributed by atoms with Crippen molar-refractivity contribution in [3.8, 4) is 0 Å². The SMILES string of the molecule is O=C1CCC(c2coc3cc(NC(=O)CN4CCNCC4)ccc23)C(=O)N1. The van der Waals surface area contributed by atoms with Crippen LogP contribution in [0, 0.1) is 0 Å². The fourth-order valence-electron chi connectivity index (χ4n) is 3.66. The molecule has 2 aliphatic rings. The smallest absolute Gasteiger partial charge is 0.238 e. The van der Waals surface area contributed by atoms with Gasteiger partial charge in [0.1, 0.15) is 5.58 Å². The Morgan fingerprint density at radius 3 is 2.85 bits per heavy atom. The summed E-state index contributed by atoms with van der Waals surface area (Å²) in [6.07, 6.45) is 2.36. The Hall–Kier alpha value is -2.71. The maximum atomic E-state index is 12.3. The Balaban J connectivity index is 1.46. The predicted molar refractivity (Wildman–Crippen MR) is 99.3 cm³/mol. The highest BCUT2D eigenvalue weighted by molar-refractivity contribution is 6.03. The molecule has 8 heteroatoms. The van der Waals surface area contributed by atoms with Gasteiger partial charge in [0.2, 0.25) is 17.7 Å². The molecule has 8 nitrogen and oxygen atoms in total. The first-order chi connectivity index (χ1) is 13.1. The topological polar surface area (TPSA) is 104 Å². The van der Waals surface area contributed by atoms with Crippen LogP contribution in [0.3, 0.4) is 0 Å². The van der Waals surface area contributed by atoms with Gasteiger partial charge in [-0.1, -0.05) is 0 Å². The Bertz CT molecular complexity index is 885. The molecule has 2 aromatic rings. The molecule has 0 bridgehead atoms. The average Bonchev–Trinajstić information content (AvgIpc) is 3.05. The average molecular weight is 370 g/mol. The van der Waals surface area contributed by atoms with Crippen molar-refractivity contribution in [1.29, 1.82) is 0 Å². The third-order valence-electron chi connectivity index (χ3n) is 5.08. The first kappa shape index (κ1) is 17.7. The molecule has 3 amide bonds. The summed E-state index contributed by atoms with van der Waals surface area (Å²) in [5.41, 5.74) is 2.04. The van der Waals surface area contributed by atoms with Gasteiger partial charge < -0.3 is 15.1 Å².